The molecule has 0 spiro atoms. The van der Waals surface area contributed by atoms with E-state index in [0.29, 0.717) is 38.2 Å². The number of hydrogen-bond donors (Lipinski definition) is 1. The molecular formula is C31H41N3O4. The summed E-state index contributed by atoms with van der Waals surface area (Å²) in [6, 6.07) is 14.4. The fraction of sp³-hybridized carbons (Fsp3) is 0.548. The van der Waals surface area contributed by atoms with E-state index in [4.69, 9.17) is 9.47 Å². The Morgan fingerprint density at radius 1 is 0.947 bits per heavy atom. The highest BCUT2D eigenvalue weighted by molar-refractivity contribution is 5.84. The summed E-state index contributed by atoms with van der Waals surface area (Å²) < 4.78 is 11.3. The maximum Gasteiger partial charge on any atom is 0.226 e. The smallest absolute Gasteiger partial charge is 0.226 e. The maximum absolute atomic E-state index is 13.8. The average molecular weight is 520 g/mol. The number of fused-ring (bicyclic) bond motifs is 2. The quantitative estimate of drug-likeness (QED) is 0.642. The lowest BCUT2D eigenvalue weighted by Gasteiger charge is -2.33. The Morgan fingerprint density at radius 3 is 2.58 bits per heavy atom. The van der Waals surface area contributed by atoms with Crippen molar-refractivity contribution in [1.82, 2.24) is 15.1 Å². The minimum absolute atomic E-state index is 0.00929. The molecule has 38 heavy (non-hydrogen) atoms. The number of rotatable bonds is 5. The molecule has 1 N–H and O–H groups in total. The molecule has 3 atom stereocenters. The first-order valence-electron chi connectivity index (χ1n) is 14.2. The second-order valence-corrected chi connectivity index (χ2v) is 10.9. The molecule has 204 valence electrons. The molecule has 2 aromatic rings. The Labute approximate surface area is 226 Å². The van der Waals surface area contributed by atoms with E-state index < -0.39 is 0 Å². The first-order chi connectivity index (χ1) is 18.6. The van der Waals surface area contributed by atoms with E-state index >= 15 is 0 Å². The van der Waals surface area contributed by atoms with Gasteiger partial charge in [0.25, 0.3) is 0 Å². The van der Waals surface area contributed by atoms with Crippen LogP contribution in [-0.2, 0) is 29.1 Å². The van der Waals surface area contributed by atoms with Gasteiger partial charge in [-0.3, -0.25) is 14.5 Å². The van der Waals surface area contributed by atoms with Crippen molar-refractivity contribution >= 4 is 11.8 Å². The number of carbonyl (C=O) groups is 2. The summed E-state index contributed by atoms with van der Waals surface area (Å²) in [4.78, 5) is 31.7. The molecule has 1 saturated heterocycles. The summed E-state index contributed by atoms with van der Waals surface area (Å²) in [5, 5.41) is 3.19. The molecule has 0 aromatic heterocycles. The number of carbonyl (C=O) groups excluding carboxylic acids is 2. The highest BCUT2D eigenvalue weighted by Gasteiger charge is 2.45. The molecular weight excluding hydrogens is 478 g/mol. The number of benzene rings is 2. The number of amides is 2. The Bertz CT molecular complexity index is 1140. The summed E-state index contributed by atoms with van der Waals surface area (Å²) in [7, 11) is 3.33. The fourth-order valence-corrected chi connectivity index (χ4v) is 6.64. The monoisotopic (exact) mass is 519 g/mol. The van der Waals surface area contributed by atoms with Gasteiger partial charge in [-0.2, -0.15) is 0 Å². The van der Waals surface area contributed by atoms with Gasteiger partial charge >= 0.3 is 0 Å². The number of nitrogens with one attached hydrogen (secondary N) is 1. The lowest BCUT2D eigenvalue weighted by atomic mass is 9.97. The van der Waals surface area contributed by atoms with Crippen LogP contribution in [-0.4, -0.2) is 61.5 Å². The van der Waals surface area contributed by atoms with Gasteiger partial charge in [0.2, 0.25) is 11.8 Å². The van der Waals surface area contributed by atoms with Crippen LogP contribution in [0.1, 0.15) is 55.2 Å². The Morgan fingerprint density at radius 2 is 1.76 bits per heavy atom. The number of hydrogen-bond acceptors (Lipinski definition) is 5. The minimum atomic E-state index is -0.198. The Balaban J connectivity index is 1.39. The fourth-order valence-electron chi connectivity index (χ4n) is 6.64. The predicted molar refractivity (Wildman–Crippen MR) is 147 cm³/mol. The van der Waals surface area contributed by atoms with Crippen molar-refractivity contribution in [2.24, 2.45) is 11.8 Å². The largest absolute Gasteiger partial charge is 0.493 e. The third-order valence-electron chi connectivity index (χ3n) is 8.66. The maximum atomic E-state index is 13.8. The molecule has 0 bridgehead atoms. The van der Waals surface area contributed by atoms with Gasteiger partial charge in [0.15, 0.2) is 11.5 Å². The standard InChI is InChI=1S/C31H41N3O4/c1-37-28-13-9-12-24(29(28)38-2)21-33-16-8-4-3-7-15-32-30(35)26-18-25(19-27(26)33)31(36)34-17-14-22-10-5-6-11-23(22)20-34/h5-6,9-13,25-27H,3-4,7-8,14-21H2,1-2H3,(H,32,35)/t25-,26-,27+/m1/s1. The molecule has 2 fully saturated rings. The minimum Gasteiger partial charge on any atom is -0.493 e. The Hall–Kier alpha value is -3.06. The van der Waals surface area contributed by atoms with Crippen LogP contribution in [0.3, 0.4) is 0 Å². The van der Waals surface area contributed by atoms with Crippen LogP contribution in [0.4, 0.5) is 0 Å². The third kappa shape index (κ3) is 5.68. The van der Waals surface area contributed by atoms with E-state index in [9.17, 15) is 9.59 Å². The van der Waals surface area contributed by atoms with E-state index in [-0.39, 0.29) is 29.7 Å². The van der Waals surface area contributed by atoms with E-state index in [1.54, 1.807) is 14.2 Å². The van der Waals surface area contributed by atoms with E-state index in [1.807, 2.05) is 23.1 Å². The molecule has 0 unspecified atom stereocenters. The molecule has 1 saturated carbocycles. The van der Waals surface area contributed by atoms with Crippen molar-refractivity contribution in [3.8, 4) is 11.5 Å². The van der Waals surface area contributed by atoms with Gasteiger partial charge in [-0.05, 0) is 55.8 Å². The molecule has 7 nitrogen and oxygen atoms in total. The SMILES string of the molecule is COc1cccc(CN2CCCCCCNC(=O)[C@@H]3C[C@@H](C(=O)N4CCc5ccccc5C4)C[C@@H]32)c1OC. The second kappa shape index (κ2) is 12.2. The molecule has 2 aromatic carbocycles. The summed E-state index contributed by atoms with van der Waals surface area (Å²) >= 11 is 0. The van der Waals surface area contributed by atoms with Gasteiger partial charge < -0.3 is 19.7 Å². The van der Waals surface area contributed by atoms with Gasteiger partial charge in [-0.1, -0.05) is 49.2 Å². The molecule has 2 heterocycles. The first-order valence-corrected chi connectivity index (χ1v) is 14.2. The van der Waals surface area contributed by atoms with Crippen LogP contribution in [0.2, 0.25) is 0 Å². The van der Waals surface area contributed by atoms with Gasteiger partial charge in [-0.25, -0.2) is 0 Å². The molecule has 7 heteroatoms. The highest BCUT2D eigenvalue weighted by Crippen LogP contribution is 2.39. The molecule has 0 radical (unpaired) electrons. The zero-order chi connectivity index (χ0) is 26.5. The van der Waals surface area contributed by atoms with Crippen LogP contribution in [0.15, 0.2) is 42.5 Å². The van der Waals surface area contributed by atoms with Crippen LogP contribution < -0.4 is 14.8 Å². The summed E-state index contributed by atoms with van der Waals surface area (Å²) in [5.74, 6) is 1.41. The lowest BCUT2D eigenvalue weighted by molar-refractivity contribution is -0.136. The van der Waals surface area contributed by atoms with Crippen molar-refractivity contribution in [3.63, 3.8) is 0 Å². The van der Waals surface area contributed by atoms with Crippen LogP contribution in [0.5, 0.6) is 11.5 Å². The highest BCUT2D eigenvalue weighted by atomic mass is 16.5. The lowest BCUT2D eigenvalue weighted by Crippen LogP contribution is -2.44. The van der Waals surface area contributed by atoms with Crippen LogP contribution >= 0.6 is 0 Å². The average Bonchev–Trinajstić information content (AvgIpc) is 3.39. The van der Waals surface area contributed by atoms with Gasteiger partial charge in [0.1, 0.15) is 0 Å². The molecule has 1 aliphatic carbocycles. The zero-order valence-electron chi connectivity index (χ0n) is 22.8. The molecule has 5 rings (SSSR count). The van der Waals surface area contributed by atoms with Gasteiger partial charge in [0.05, 0.1) is 20.1 Å². The van der Waals surface area contributed by atoms with Crippen molar-refractivity contribution in [3.05, 3.63) is 59.2 Å². The number of nitrogens with zero attached hydrogens (tertiary/aromatic N) is 2. The first kappa shape index (κ1) is 26.5. The Kier molecular flexibility index (Phi) is 8.52. The zero-order valence-corrected chi connectivity index (χ0v) is 22.8. The van der Waals surface area contributed by atoms with E-state index in [1.165, 1.54) is 11.1 Å². The van der Waals surface area contributed by atoms with Crippen molar-refractivity contribution in [2.75, 3.05) is 33.9 Å². The summed E-state index contributed by atoms with van der Waals surface area (Å²) in [6.07, 6.45) is 6.54. The third-order valence-corrected chi connectivity index (χ3v) is 8.66. The molecule has 3 aliphatic rings. The van der Waals surface area contributed by atoms with Crippen molar-refractivity contribution in [2.45, 2.75) is 64.1 Å². The summed E-state index contributed by atoms with van der Waals surface area (Å²) in [6.45, 7) is 3.68. The van der Waals surface area contributed by atoms with Crippen molar-refractivity contribution < 1.29 is 19.1 Å². The van der Waals surface area contributed by atoms with E-state index in [0.717, 1.165) is 56.5 Å². The summed E-state index contributed by atoms with van der Waals surface area (Å²) in [5.41, 5.74) is 3.62. The van der Waals surface area contributed by atoms with Gasteiger partial charge in [0, 0.05) is 43.7 Å². The van der Waals surface area contributed by atoms with Gasteiger partial charge in [-0.15, -0.1) is 0 Å². The molecule has 2 amide bonds. The normalized spacial score (nSPS) is 24.5. The number of methoxy groups -OCH3 is 2. The van der Waals surface area contributed by atoms with Crippen LogP contribution in [0.25, 0.3) is 0 Å². The van der Waals surface area contributed by atoms with E-state index in [2.05, 4.69) is 34.5 Å². The second-order valence-electron chi connectivity index (χ2n) is 10.9. The number of para-hydroxylation sites is 1. The number of ether oxygens (including phenoxy) is 2. The van der Waals surface area contributed by atoms with Crippen LogP contribution in [0, 0.1) is 11.8 Å². The van der Waals surface area contributed by atoms with Crippen molar-refractivity contribution in [1.29, 1.82) is 0 Å². The predicted octanol–water partition coefficient (Wildman–Crippen LogP) is 4.18. The topological polar surface area (TPSA) is 71.1 Å². The molecule has 2 aliphatic heterocycles.